The van der Waals surface area contributed by atoms with Gasteiger partial charge in [-0.05, 0) is 18.5 Å². The first kappa shape index (κ1) is 9.68. The molecule has 76 valence electrons. The maximum Gasteiger partial charge on any atom is 0.178 e. The van der Waals surface area contributed by atoms with Crippen molar-refractivity contribution in [2.45, 2.75) is 26.2 Å². The van der Waals surface area contributed by atoms with Crippen molar-refractivity contribution in [1.82, 2.24) is 5.16 Å². The van der Waals surface area contributed by atoms with Gasteiger partial charge in [-0.3, -0.25) is 0 Å². The molecule has 2 rings (SSSR count). The topological polar surface area (TPSA) is 52.0 Å². The van der Waals surface area contributed by atoms with Gasteiger partial charge in [-0.15, -0.1) is 11.3 Å². The van der Waals surface area contributed by atoms with E-state index in [1.54, 1.807) is 11.3 Å². The molecule has 0 aliphatic heterocycles. The summed E-state index contributed by atoms with van der Waals surface area (Å²) in [5.41, 5.74) is 7.40. The van der Waals surface area contributed by atoms with Gasteiger partial charge in [-0.1, -0.05) is 19.0 Å². The smallest absolute Gasteiger partial charge is 0.178 e. The van der Waals surface area contributed by atoms with Gasteiger partial charge in [-0.25, -0.2) is 0 Å². The van der Waals surface area contributed by atoms with Crippen molar-refractivity contribution in [1.29, 1.82) is 0 Å². The molecule has 0 saturated heterocycles. The predicted octanol–water partition coefficient (Wildman–Crippen LogP) is 2.51. The Bertz CT molecular complexity index is 430. The highest BCUT2D eigenvalue weighted by molar-refractivity contribution is 7.19. The lowest BCUT2D eigenvalue weighted by molar-refractivity contribution is 0.446. The van der Waals surface area contributed by atoms with Crippen LogP contribution in [0.1, 0.15) is 30.3 Å². The molecule has 2 N–H and O–H groups in total. The van der Waals surface area contributed by atoms with E-state index in [0.717, 1.165) is 17.7 Å². The van der Waals surface area contributed by atoms with Gasteiger partial charge in [-0.2, -0.15) is 0 Å². The summed E-state index contributed by atoms with van der Waals surface area (Å²) in [7, 11) is 0. The van der Waals surface area contributed by atoms with Crippen molar-refractivity contribution in [3.63, 3.8) is 0 Å². The molecule has 0 amide bonds. The van der Waals surface area contributed by atoms with Gasteiger partial charge in [0, 0.05) is 11.3 Å². The number of rotatable bonds is 3. The minimum atomic E-state index is 0.549. The Morgan fingerprint density at radius 2 is 2.36 bits per heavy atom. The lowest BCUT2D eigenvalue weighted by atomic mass is 10.2. The molecule has 0 fully saturated rings. The van der Waals surface area contributed by atoms with E-state index in [9.17, 15) is 0 Å². The molecule has 14 heavy (non-hydrogen) atoms. The second kappa shape index (κ2) is 3.71. The number of nitrogens with two attached hydrogens (primary N) is 1. The third kappa shape index (κ3) is 1.55. The van der Waals surface area contributed by atoms with Crippen LogP contribution < -0.4 is 5.73 Å². The Labute approximate surface area is 86.9 Å². The summed E-state index contributed by atoms with van der Waals surface area (Å²) in [5.74, 6) is 0.549. The first-order valence-corrected chi connectivity index (χ1v) is 5.62. The van der Waals surface area contributed by atoms with Crippen molar-refractivity contribution in [2.24, 2.45) is 5.73 Å². The zero-order valence-electron chi connectivity index (χ0n) is 8.41. The first-order valence-electron chi connectivity index (χ1n) is 4.80. The standard InChI is InChI=1S/C10H14N2OS/c1-6(2)9-5-8-10(14-9)7(3-4-11)12-13-8/h5-6H,3-4,11H2,1-2H3. The van der Waals surface area contributed by atoms with E-state index in [4.69, 9.17) is 10.3 Å². The third-order valence-electron chi connectivity index (χ3n) is 2.18. The minimum Gasteiger partial charge on any atom is -0.355 e. The van der Waals surface area contributed by atoms with Crippen molar-refractivity contribution in [3.05, 3.63) is 16.6 Å². The van der Waals surface area contributed by atoms with Gasteiger partial charge in [0.2, 0.25) is 0 Å². The largest absolute Gasteiger partial charge is 0.355 e. The normalized spacial score (nSPS) is 11.7. The van der Waals surface area contributed by atoms with Gasteiger partial charge in [0.1, 0.15) is 5.69 Å². The van der Waals surface area contributed by atoms with Crippen LogP contribution in [0.5, 0.6) is 0 Å². The average molecular weight is 210 g/mol. The maximum absolute atomic E-state index is 5.50. The first-order chi connectivity index (χ1) is 6.72. The van der Waals surface area contributed by atoms with Crippen molar-refractivity contribution in [2.75, 3.05) is 6.54 Å². The molecular weight excluding hydrogens is 196 g/mol. The van der Waals surface area contributed by atoms with Crippen LogP contribution in [0.15, 0.2) is 10.6 Å². The number of hydrogen-bond acceptors (Lipinski definition) is 4. The summed E-state index contributed by atoms with van der Waals surface area (Å²) in [6.45, 7) is 4.98. The quantitative estimate of drug-likeness (QED) is 0.846. The molecule has 0 aliphatic carbocycles. The van der Waals surface area contributed by atoms with Crippen LogP contribution in [0.3, 0.4) is 0 Å². The molecule has 2 aromatic heterocycles. The second-order valence-corrected chi connectivity index (χ2v) is 4.75. The second-order valence-electron chi connectivity index (χ2n) is 3.66. The van der Waals surface area contributed by atoms with Gasteiger partial charge in [0.25, 0.3) is 0 Å². The van der Waals surface area contributed by atoms with Crippen LogP contribution in [0, 0.1) is 0 Å². The Morgan fingerprint density at radius 1 is 1.57 bits per heavy atom. The van der Waals surface area contributed by atoms with Crippen LogP contribution in [0.4, 0.5) is 0 Å². The van der Waals surface area contributed by atoms with Crippen LogP contribution >= 0.6 is 11.3 Å². The molecule has 0 radical (unpaired) electrons. The molecule has 0 atom stereocenters. The molecule has 0 spiro atoms. The zero-order chi connectivity index (χ0) is 10.1. The summed E-state index contributed by atoms with van der Waals surface area (Å²) >= 11 is 1.77. The van der Waals surface area contributed by atoms with E-state index in [2.05, 4.69) is 25.1 Å². The highest BCUT2D eigenvalue weighted by atomic mass is 32.1. The van der Waals surface area contributed by atoms with Crippen molar-refractivity contribution >= 4 is 21.6 Å². The number of aromatic nitrogens is 1. The number of fused-ring (bicyclic) bond motifs is 1. The van der Waals surface area contributed by atoms with Crippen LogP contribution in [0.25, 0.3) is 10.3 Å². The molecule has 2 aromatic rings. The van der Waals surface area contributed by atoms with Crippen LogP contribution in [-0.2, 0) is 6.42 Å². The molecular formula is C10H14N2OS. The van der Waals surface area contributed by atoms with Gasteiger partial charge in [0.05, 0.1) is 4.70 Å². The SMILES string of the molecule is CC(C)c1cc2onc(CCN)c2s1. The monoisotopic (exact) mass is 210 g/mol. The third-order valence-corrected chi connectivity index (χ3v) is 3.65. The fraction of sp³-hybridized carbons (Fsp3) is 0.500. The van der Waals surface area contributed by atoms with E-state index in [-0.39, 0.29) is 0 Å². The number of nitrogens with zero attached hydrogens (tertiary/aromatic N) is 1. The number of hydrogen-bond donors (Lipinski definition) is 1. The Balaban J connectivity index is 2.45. The van der Waals surface area contributed by atoms with E-state index in [1.807, 2.05) is 0 Å². The predicted molar refractivity (Wildman–Crippen MR) is 58.7 cm³/mol. The summed E-state index contributed by atoms with van der Waals surface area (Å²) in [4.78, 5) is 1.35. The van der Waals surface area contributed by atoms with Gasteiger partial charge >= 0.3 is 0 Å². The van der Waals surface area contributed by atoms with E-state index in [1.165, 1.54) is 9.58 Å². The molecule has 3 nitrogen and oxygen atoms in total. The lowest BCUT2D eigenvalue weighted by Crippen LogP contribution is -2.02. The van der Waals surface area contributed by atoms with Gasteiger partial charge in [0.15, 0.2) is 5.58 Å². The summed E-state index contributed by atoms with van der Waals surface area (Å²) in [6.07, 6.45) is 0.797. The fourth-order valence-electron chi connectivity index (χ4n) is 1.39. The highest BCUT2D eigenvalue weighted by Crippen LogP contribution is 2.32. The molecule has 4 heteroatoms. The Kier molecular flexibility index (Phi) is 2.56. The van der Waals surface area contributed by atoms with E-state index < -0.39 is 0 Å². The van der Waals surface area contributed by atoms with E-state index >= 15 is 0 Å². The summed E-state index contributed by atoms with van der Waals surface area (Å²) in [5, 5.41) is 4.00. The average Bonchev–Trinajstić information content (AvgIpc) is 2.67. The highest BCUT2D eigenvalue weighted by Gasteiger charge is 2.13. The molecule has 0 unspecified atom stereocenters. The number of thiophene rings is 1. The molecule has 0 bridgehead atoms. The minimum absolute atomic E-state index is 0.549. The van der Waals surface area contributed by atoms with Crippen LogP contribution in [0.2, 0.25) is 0 Å². The maximum atomic E-state index is 5.50. The van der Waals surface area contributed by atoms with Gasteiger partial charge < -0.3 is 10.3 Å². The fourth-order valence-corrected chi connectivity index (χ4v) is 2.48. The summed E-state index contributed by atoms with van der Waals surface area (Å²) < 4.78 is 6.40. The molecule has 2 heterocycles. The summed E-state index contributed by atoms with van der Waals surface area (Å²) in [6, 6.07) is 2.08. The van der Waals surface area contributed by atoms with Crippen molar-refractivity contribution in [3.8, 4) is 0 Å². The Morgan fingerprint density at radius 3 is 3.00 bits per heavy atom. The van der Waals surface area contributed by atoms with Crippen molar-refractivity contribution < 1.29 is 4.52 Å². The van der Waals surface area contributed by atoms with E-state index in [0.29, 0.717) is 12.5 Å². The van der Waals surface area contributed by atoms with Crippen LogP contribution in [-0.4, -0.2) is 11.7 Å². The molecule has 0 aromatic carbocycles. The lowest BCUT2D eigenvalue weighted by Gasteiger charge is -1.96. The molecule has 0 saturated carbocycles. The Hall–Kier alpha value is -0.870. The molecule has 0 aliphatic rings. The zero-order valence-corrected chi connectivity index (χ0v) is 9.23.